The van der Waals surface area contributed by atoms with Gasteiger partial charge in [0.2, 0.25) is 11.8 Å². The van der Waals surface area contributed by atoms with Crippen molar-refractivity contribution in [1.82, 2.24) is 5.32 Å². The molecular weight excluding hydrogens is 596 g/mol. The Bertz CT molecular complexity index is 761. The SMILES string of the molecule is CCC(C)C(=O)OCC(O)COC(=O)CCSCC(C)C(N)=O.CCO[Si](CCCNC(=O)C(C)CC)(OCC)OCC. The summed E-state index contributed by atoms with van der Waals surface area (Å²) in [5.74, 6) is -0.398. The number of thioether (sulfide) groups is 1. The molecule has 4 atom stereocenters. The largest absolute Gasteiger partial charge is 0.500 e. The Kier molecular flexibility index (Phi) is 26.9. The van der Waals surface area contributed by atoms with Crippen molar-refractivity contribution in [2.75, 3.05) is 51.1 Å². The van der Waals surface area contributed by atoms with Crippen molar-refractivity contribution >= 4 is 44.3 Å². The average Bonchev–Trinajstić information content (AvgIpc) is 2.98. The van der Waals surface area contributed by atoms with Crippen LogP contribution in [0.5, 0.6) is 0 Å². The number of amides is 2. The first-order valence-corrected chi connectivity index (χ1v) is 18.5. The second-order valence-electron chi connectivity index (χ2n) is 10.1. The van der Waals surface area contributed by atoms with Crippen molar-refractivity contribution in [3.63, 3.8) is 0 Å². The summed E-state index contributed by atoms with van der Waals surface area (Å²) in [5.41, 5.74) is 5.13. The van der Waals surface area contributed by atoms with E-state index in [4.69, 9.17) is 28.5 Å². The summed E-state index contributed by atoms with van der Waals surface area (Å²) in [5, 5.41) is 12.5. The minimum Gasteiger partial charge on any atom is -0.463 e. The van der Waals surface area contributed by atoms with Gasteiger partial charge in [-0.25, -0.2) is 0 Å². The van der Waals surface area contributed by atoms with Gasteiger partial charge in [0.1, 0.15) is 19.3 Å². The van der Waals surface area contributed by atoms with Gasteiger partial charge in [0.15, 0.2) is 0 Å². The molecule has 0 saturated carbocycles. The zero-order valence-corrected chi connectivity index (χ0v) is 29.4. The van der Waals surface area contributed by atoms with E-state index in [1.54, 1.807) is 13.8 Å². The third kappa shape index (κ3) is 22.5. The summed E-state index contributed by atoms with van der Waals surface area (Å²) in [7, 11) is -2.55. The molecule has 0 radical (unpaired) electrons. The number of ether oxygens (including phenoxy) is 2. The minimum absolute atomic E-state index is 0.0719. The van der Waals surface area contributed by atoms with Gasteiger partial charge in [-0.15, -0.1) is 0 Å². The fourth-order valence-electron chi connectivity index (χ4n) is 3.17. The Labute approximate surface area is 264 Å². The van der Waals surface area contributed by atoms with Crippen molar-refractivity contribution in [3.05, 3.63) is 0 Å². The topological polar surface area (TPSA) is 173 Å². The van der Waals surface area contributed by atoms with Gasteiger partial charge in [-0.3, -0.25) is 19.2 Å². The van der Waals surface area contributed by atoms with Gasteiger partial charge in [0, 0.05) is 55.8 Å². The number of hydrogen-bond donors (Lipinski definition) is 3. The summed E-state index contributed by atoms with van der Waals surface area (Å²) in [6.07, 6.45) is 1.48. The van der Waals surface area contributed by atoms with Crippen LogP contribution < -0.4 is 11.1 Å². The summed E-state index contributed by atoms with van der Waals surface area (Å²) in [4.78, 5) is 45.4. The molecule has 0 aromatic carbocycles. The van der Waals surface area contributed by atoms with Crippen LogP contribution in [-0.4, -0.2) is 94.9 Å². The van der Waals surface area contributed by atoms with Gasteiger partial charge in [-0.05, 0) is 40.0 Å². The van der Waals surface area contributed by atoms with E-state index in [0.717, 1.165) is 18.9 Å². The summed E-state index contributed by atoms with van der Waals surface area (Å²) >= 11 is 1.44. The highest BCUT2D eigenvalue weighted by Gasteiger charge is 2.39. The second-order valence-corrected chi connectivity index (χ2v) is 14.0. The highest BCUT2D eigenvalue weighted by Crippen LogP contribution is 2.18. The van der Waals surface area contributed by atoms with Gasteiger partial charge < -0.3 is 38.9 Å². The van der Waals surface area contributed by atoms with Crippen LogP contribution in [-0.2, 0) is 41.9 Å². The highest BCUT2D eigenvalue weighted by molar-refractivity contribution is 7.99. The van der Waals surface area contributed by atoms with Crippen LogP contribution >= 0.6 is 11.8 Å². The Hall–Kier alpha value is -1.71. The molecular formula is C29H58N2O10SSi. The number of aliphatic hydroxyl groups excluding tert-OH is 1. The smallest absolute Gasteiger partial charge is 0.463 e. The molecule has 14 heteroatoms. The van der Waals surface area contributed by atoms with E-state index in [2.05, 4.69) is 5.32 Å². The highest BCUT2D eigenvalue weighted by atomic mass is 32.2. The molecule has 43 heavy (non-hydrogen) atoms. The molecule has 4 unspecified atom stereocenters. The number of primary amides is 1. The molecule has 0 aromatic heterocycles. The van der Waals surface area contributed by atoms with E-state index in [0.29, 0.717) is 44.3 Å². The lowest BCUT2D eigenvalue weighted by atomic mass is 10.1. The average molecular weight is 655 g/mol. The fraction of sp³-hybridized carbons (Fsp3) is 0.862. The number of rotatable bonds is 24. The van der Waals surface area contributed by atoms with Crippen molar-refractivity contribution < 1.29 is 47.0 Å². The monoisotopic (exact) mass is 654 g/mol. The van der Waals surface area contributed by atoms with Crippen LogP contribution in [0.2, 0.25) is 6.04 Å². The van der Waals surface area contributed by atoms with E-state index in [-0.39, 0.29) is 55.2 Å². The number of esters is 2. The maximum atomic E-state index is 11.7. The number of nitrogens with one attached hydrogen (secondary N) is 1. The summed E-state index contributed by atoms with van der Waals surface area (Å²) in [6, 6.07) is 0.739. The zero-order valence-electron chi connectivity index (χ0n) is 27.6. The predicted molar refractivity (Wildman–Crippen MR) is 170 cm³/mol. The van der Waals surface area contributed by atoms with Crippen LogP contribution in [0.4, 0.5) is 0 Å². The summed E-state index contributed by atoms with van der Waals surface area (Å²) in [6.45, 7) is 17.1. The summed E-state index contributed by atoms with van der Waals surface area (Å²) < 4.78 is 27.1. The van der Waals surface area contributed by atoms with E-state index in [1.165, 1.54) is 11.8 Å². The van der Waals surface area contributed by atoms with Crippen LogP contribution in [0, 0.1) is 17.8 Å². The maximum Gasteiger partial charge on any atom is 0.500 e. The van der Waals surface area contributed by atoms with Crippen molar-refractivity contribution in [3.8, 4) is 0 Å². The van der Waals surface area contributed by atoms with E-state index < -0.39 is 20.9 Å². The van der Waals surface area contributed by atoms with Gasteiger partial charge in [-0.2, -0.15) is 11.8 Å². The molecule has 12 nitrogen and oxygen atoms in total. The van der Waals surface area contributed by atoms with E-state index in [9.17, 15) is 24.3 Å². The molecule has 0 heterocycles. The molecule has 0 aromatic rings. The zero-order chi connectivity index (χ0) is 33.3. The molecule has 0 saturated heterocycles. The normalized spacial score (nSPS) is 14.0. The quantitative estimate of drug-likeness (QED) is 0.0792. The lowest BCUT2D eigenvalue weighted by Gasteiger charge is -2.28. The third-order valence-electron chi connectivity index (χ3n) is 6.29. The Morgan fingerprint density at radius 2 is 1.37 bits per heavy atom. The number of hydrogen-bond acceptors (Lipinski definition) is 11. The van der Waals surface area contributed by atoms with Crippen LogP contribution in [0.3, 0.4) is 0 Å². The molecule has 0 spiro atoms. The van der Waals surface area contributed by atoms with Gasteiger partial charge in [0.05, 0.1) is 12.3 Å². The minimum atomic E-state index is -2.55. The lowest BCUT2D eigenvalue weighted by Crippen LogP contribution is -2.46. The number of aliphatic hydroxyl groups is 1. The fourth-order valence-corrected chi connectivity index (χ4v) is 6.78. The van der Waals surface area contributed by atoms with Gasteiger partial charge in [-0.1, -0.05) is 34.6 Å². The third-order valence-corrected chi connectivity index (χ3v) is 10.7. The van der Waals surface area contributed by atoms with Crippen LogP contribution in [0.25, 0.3) is 0 Å². The molecule has 2 amide bonds. The predicted octanol–water partition coefficient (Wildman–Crippen LogP) is 3.31. The Balaban J connectivity index is 0. The first-order chi connectivity index (χ1) is 20.3. The number of nitrogens with two attached hydrogens (primary N) is 1. The maximum absolute atomic E-state index is 11.7. The van der Waals surface area contributed by atoms with Crippen molar-refractivity contribution in [1.29, 1.82) is 0 Å². The molecule has 0 fully saturated rings. The van der Waals surface area contributed by atoms with Crippen molar-refractivity contribution in [2.45, 2.75) is 93.2 Å². The van der Waals surface area contributed by atoms with Crippen LogP contribution in [0.1, 0.15) is 81.1 Å². The first kappa shape index (κ1) is 43.4. The van der Waals surface area contributed by atoms with Crippen LogP contribution in [0.15, 0.2) is 0 Å². The molecule has 0 rings (SSSR count). The standard InChI is InChI=1S/C15H27NO6S.C14H31NO4Si/c1-4-10(2)15(20)22-8-12(17)7-21-13(18)5-6-23-9-11(3)14(16)19;1-6-13(5)14(16)15-11-10-12-20(17-7-2,18-8-3)19-9-4/h10-12,17H,4-9H2,1-3H3,(H2,16,19);13H,6-12H2,1-5H3,(H,15,16). The van der Waals surface area contributed by atoms with E-state index >= 15 is 0 Å². The Morgan fingerprint density at radius 1 is 0.837 bits per heavy atom. The molecule has 0 bridgehead atoms. The lowest BCUT2D eigenvalue weighted by molar-refractivity contribution is -0.154. The molecule has 4 N–H and O–H groups in total. The second kappa shape index (κ2) is 26.7. The molecule has 0 aliphatic carbocycles. The van der Waals surface area contributed by atoms with E-state index in [1.807, 2.05) is 41.5 Å². The van der Waals surface area contributed by atoms with Gasteiger partial charge >= 0.3 is 20.7 Å². The molecule has 0 aliphatic rings. The molecule has 254 valence electrons. The first-order valence-electron chi connectivity index (χ1n) is 15.4. The van der Waals surface area contributed by atoms with Gasteiger partial charge in [0.25, 0.3) is 0 Å². The Morgan fingerprint density at radius 3 is 1.86 bits per heavy atom. The number of carbonyl (C=O) groups excluding carboxylic acids is 4. The number of carbonyl (C=O) groups is 4. The van der Waals surface area contributed by atoms with Crippen molar-refractivity contribution in [2.24, 2.45) is 23.5 Å². The molecule has 0 aliphatic heterocycles.